The minimum atomic E-state index is -0.0108. The molecule has 116 valence electrons. The second-order valence-electron chi connectivity index (χ2n) is 5.51. The van der Waals surface area contributed by atoms with E-state index in [4.69, 9.17) is 4.74 Å². The highest BCUT2D eigenvalue weighted by Gasteiger charge is 2.28. The number of amides is 2. The lowest BCUT2D eigenvalue weighted by atomic mass is 10.1. The maximum Gasteiger partial charge on any atom is 0.317 e. The summed E-state index contributed by atoms with van der Waals surface area (Å²) in [6.07, 6.45) is 1.85. The molecular formula is C16H24N2O3. The third-order valence-electron chi connectivity index (χ3n) is 4.00. The number of aryl methyl sites for hydroxylation is 1. The molecule has 21 heavy (non-hydrogen) atoms. The molecule has 1 aromatic carbocycles. The van der Waals surface area contributed by atoms with E-state index in [2.05, 4.69) is 5.32 Å². The van der Waals surface area contributed by atoms with Gasteiger partial charge in [-0.1, -0.05) is 12.1 Å². The van der Waals surface area contributed by atoms with Crippen molar-refractivity contribution in [2.24, 2.45) is 0 Å². The van der Waals surface area contributed by atoms with Gasteiger partial charge in [-0.2, -0.15) is 0 Å². The summed E-state index contributed by atoms with van der Waals surface area (Å²) in [5.74, 6) is 0.280. The van der Waals surface area contributed by atoms with Crippen LogP contribution in [0.15, 0.2) is 24.3 Å². The van der Waals surface area contributed by atoms with Crippen LogP contribution in [0.1, 0.15) is 25.8 Å². The molecule has 2 amide bonds. The largest absolute Gasteiger partial charge is 0.508 e. The highest BCUT2D eigenvalue weighted by atomic mass is 16.5. The average Bonchev–Trinajstić information content (AvgIpc) is 2.48. The van der Waals surface area contributed by atoms with Crippen molar-refractivity contribution in [3.63, 3.8) is 0 Å². The number of rotatable bonds is 4. The fourth-order valence-electron chi connectivity index (χ4n) is 2.47. The number of urea groups is 1. The molecule has 0 aromatic heterocycles. The lowest BCUT2D eigenvalue weighted by molar-refractivity contribution is -0.0375. The van der Waals surface area contributed by atoms with Crippen LogP contribution >= 0.6 is 0 Å². The zero-order chi connectivity index (χ0) is 15.2. The first-order valence-corrected chi connectivity index (χ1v) is 7.52. The van der Waals surface area contributed by atoms with Crippen LogP contribution in [0.3, 0.4) is 0 Å². The van der Waals surface area contributed by atoms with Crippen molar-refractivity contribution < 1.29 is 14.6 Å². The first-order valence-electron chi connectivity index (χ1n) is 7.52. The molecule has 0 radical (unpaired) electrons. The number of phenolic OH excluding ortho intramolecular Hbond substituents is 1. The Hall–Kier alpha value is -1.75. The molecule has 0 spiro atoms. The molecule has 5 heteroatoms. The van der Waals surface area contributed by atoms with E-state index in [9.17, 15) is 9.90 Å². The van der Waals surface area contributed by atoms with Crippen LogP contribution in [0.2, 0.25) is 0 Å². The summed E-state index contributed by atoms with van der Waals surface area (Å²) in [6, 6.07) is 7.28. The molecular weight excluding hydrogens is 268 g/mol. The second-order valence-corrected chi connectivity index (χ2v) is 5.51. The number of carbonyl (C=O) groups excluding carboxylic acids is 1. The topological polar surface area (TPSA) is 61.8 Å². The van der Waals surface area contributed by atoms with Crippen molar-refractivity contribution in [2.45, 2.75) is 38.8 Å². The number of nitrogens with zero attached hydrogens (tertiary/aromatic N) is 1. The molecule has 0 bridgehead atoms. The maximum atomic E-state index is 12.1. The van der Waals surface area contributed by atoms with Gasteiger partial charge in [0, 0.05) is 13.1 Å². The van der Waals surface area contributed by atoms with Crippen LogP contribution in [0, 0.1) is 0 Å². The van der Waals surface area contributed by atoms with E-state index >= 15 is 0 Å². The Labute approximate surface area is 125 Å². The number of phenols is 1. The fourth-order valence-corrected chi connectivity index (χ4v) is 2.47. The van der Waals surface area contributed by atoms with Gasteiger partial charge in [-0.15, -0.1) is 0 Å². The molecule has 2 rings (SSSR count). The molecule has 2 atom stereocenters. The van der Waals surface area contributed by atoms with Crippen LogP contribution in [-0.2, 0) is 11.2 Å². The van der Waals surface area contributed by atoms with Gasteiger partial charge in [-0.05, 0) is 44.4 Å². The SMILES string of the molecule is C[C@H]1OCCN(C(=O)NCCCc2ccc(O)cc2)[C@H]1C. The van der Waals surface area contributed by atoms with Crippen molar-refractivity contribution in [1.82, 2.24) is 10.2 Å². The smallest absolute Gasteiger partial charge is 0.317 e. The van der Waals surface area contributed by atoms with E-state index in [1.165, 1.54) is 0 Å². The normalized spacial score (nSPS) is 22.1. The van der Waals surface area contributed by atoms with Gasteiger partial charge in [-0.25, -0.2) is 4.79 Å². The standard InChI is InChI=1S/C16H24N2O3/c1-12-13(2)21-11-10-18(12)16(20)17-9-3-4-14-5-7-15(19)8-6-14/h5-8,12-13,19H,3-4,9-11H2,1-2H3,(H,17,20)/t12-,13+/m0/s1. The summed E-state index contributed by atoms with van der Waals surface area (Å²) >= 11 is 0. The van der Waals surface area contributed by atoms with Gasteiger partial charge >= 0.3 is 6.03 Å². The van der Waals surface area contributed by atoms with Crippen LogP contribution in [0.25, 0.3) is 0 Å². The lowest BCUT2D eigenvalue weighted by Crippen LogP contribution is -2.54. The molecule has 1 aliphatic rings. The van der Waals surface area contributed by atoms with Gasteiger partial charge in [0.05, 0.1) is 18.8 Å². The van der Waals surface area contributed by atoms with Gasteiger partial charge in [0.15, 0.2) is 0 Å². The van der Waals surface area contributed by atoms with E-state index in [0.717, 1.165) is 18.4 Å². The highest BCUT2D eigenvalue weighted by Crippen LogP contribution is 2.13. The molecule has 1 saturated heterocycles. The number of hydrogen-bond donors (Lipinski definition) is 2. The van der Waals surface area contributed by atoms with E-state index in [0.29, 0.717) is 19.7 Å². The van der Waals surface area contributed by atoms with E-state index in [-0.39, 0.29) is 23.9 Å². The third kappa shape index (κ3) is 4.36. The van der Waals surface area contributed by atoms with Crippen LogP contribution < -0.4 is 5.32 Å². The van der Waals surface area contributed by atoms with Gasteiger partial charge in [0.1, 0.15) is 5.75 Å². The predicted molar refractivity (Wildman–Crippen MR) is 81.4 cm³/mol. The number of benzene rings is 1. The first-order chi connectivity index (χ1) is 10.1. The van der Waals surface area contributed by atoms with E-state index in [1.807, 2.05) is 30.9 Å². The van der Waals surface area contributed by atoms with Crippen molar-refractivity contribution in [1.29, 1.82) is 0 Å². The van der Waals surface area contributed by atoms with E-state index in [1.54, 1.807) is 12.1 Å². The number of nitrogens with one attached hydrogen (secondary N) is 1. The summed E-state index contributed by atoms with van der Waals surface area (Å²) < 4.78 is 5.52. The molecule has 0 saturated carbocycles. The highest BCUT2D eigenvalue weighted by molar-refractivity contribution is 5.74. The van der Waals surface area contributed by atoms with Crippen LogP contribution in [0.5, 0.6) is 5.75 Å². The van der Waals surface area contributed by atoms with Gasteiger partial charge < -0.3 is 20.1 Å². The second kappa shape index (κ2) is 7.31. The average molecular weight is 292 g/mol. The molecule has 1 fully saturated rings. The molecule has 2 N–H and O–H groups in total. The van der Waals surface area contributed by atoms with Crippen molar-refractivity contribution in [3.05, 3.63) is 29.8 Å². The molecule has 1 aromatic rings. The van der Waals surface area contributed by atoms with Crippen LogP contribution in [-0.4, -0.2) is 47.9 Å². The molecule has 1 aliphatic heterocycles. The summed E-state index contributed by atoms with van der Waals surface area (Å²) in [6.45, 7) is 5.91. The Morgan fingerprint density at radius 2 is 2.10 bits per heavy atom. The lowest BCUT2D eigenvalue weighted by Gasteiger charge is -2.37. The van der Waals surface area contributed by atoms with Crippen LogP contribution in [0.4, 0.5) is 4.79 Å². The number of ether oxygens (including phenoxy) is 1. The fraction of sp³-hybridized carbons (Fsp3) is 0.562. The van der Waals surface area contributed by atoms with Crippen molar-refractivity contribution in [3.8, 4) is 5.75 Å². The summed E-state index contributed by atoms with van der Waals surface area (Å²) in [7, 11) is 0. The van der Waals surface area contributed by atoms with Gasteiger partial charge in [0.2, 0.25) is 0 Å². The Morgan fingerprint density at radius 1 is 1.38 bits per heavy atom. The number of hydrogen-bond acceptors (Lipinski definition) is 3. The van der Waals surface area contributed by atoms with Gasteiger partial charge in [-0.3, -0.25) is 0 Å². The minimum absolute atomic E-state index is 0.0108. The molecule has 0 unspecified atom stereocenters. The Morgan fingerprint density at radius 3 is 2.81 bits per heavy atom. The Kier molecular flexibility index (Phi) is 5.44. The number of morpholine rings is 1. The van der Waals surface area contributed by atoms with Crippen molar-refractivity contribution in [2.75, 3.05) is 19.7 Å². The third-order valence-corrected chi connectivity index (χ3v) is 4.00. The Bertz CT molecular complexity index is 461. The number of aromatic hydroxyl groups is 1. The number of carbonyl (C=O) groups is 1. The molecule has 1 heterocycles. The van der Waals surface area contributed by atoms with Gasteiger partial charge in [0.25, 0.3) is 0 Å². The zero-order valence-corrected chi connectivity index (χ0v) is 12.7. The summed E-state index contributed by atoms with van der Waals surface area (Å²) in [5, 5.41) is 12.2. The quantitative estimate of drug-likeness (QED) is 0.836. The Balaban J connectivity index is 1.70. The first kappa shape index (κ1) is 15.6. The summed E-state index contributed by atoms with van der Waals surface area (Å²) in [5.41, 5.74) is 1.16. The zero-order valence-electron chi connectivity index (χ0n) is 12.7. The van der Waals surface area contributed by atoms with Crippen molar-refractivity contribution >= 4 is 6.03 Å². The molecule has 5 nitrogen and oxygen atoms in total. The molecule has 0 aliphatic carbocycles. The minimum Gasteiger partial charge on any atom is -0.508 e. The monoisotopic (exact) mass is 292 g/mol. The van der Waals surface area contributed by atoms with E-state index < -0.39 is 0 Å². The predicted octanol–water partition coefficient (Wildman–Crippen LogP) is 2.14. The maximum absolute atomic E-state index is 12.1. The summed E-state index contributed by atoms with van der Waals surface area (Å²) in [4.78, 5) is 14.0.